The van der Waals surface area contributed by atoms with Crippen molar-refractivity contribution in [2.75, 3.05) is 5.75 Å². The van der Waals surface area contributed by atoms with E-state index in [0.717, 1.165) is 24.0 Å². The quantitative estimate of drug-likeness (QED) is 0.208. The van der Waals surface area contributed by atoms with Gasteiger partial charge in [0.1, 0.15) is 6.04 Å². The second kappa shape index (κ2) is 10.9. The molecule has 0 saturated heterocycles. The van der Waals surface area contributed by atoms with Crippen molar-refractivity contribution in [3.63, 3.8) is 0 Å². The number of rotatable bonds is 10. The number of thiol groups is 1. The molecule has 0 aromatic heterocycles. The van der Waals surface area contributed by atoms with Crippen LogP contribution in [0.2, 0.25) is 0 Å². The highest BCUT2D eigenvalue weighted by Crippen LogP contribution is 2.39. The third-order valence-electron chi connectivity index (χ3n) is 6.12. The fourth-order valence-corrected chi connectivity index (χ4v) is 4.73. The standard InChI is InChI=1S/C26H33NO4S/c1-6-18(4)14-20(15-19(5)11-9-10-17(2)3)27(23(16-32)26(30)31)24(28)21-12-7-8-13-22(21)25(27)29/h6-8,10,12-13,15,20,23H,9,11,14,16H2,1-5H3,(H-,30,31,32)/p+1/t20?,23-/m0/s1. The molecule has 172 valence electrons. The molecule has 2 atom stereocenters. The van der Waals surface area contributed by atoms with Crippen molar-refractivity contribution in [2.45, 2.75) is 66.0 Å². The van der Waals surface area contributed by atoms with E-state index in [9.17, 15) is 19.5 Å². The van der Waals surface area contributed by atoms with E-state index >= 15 is 0 Å². The van der Waals surface area contributed by atoms with Gasteiger partial charge in [-0.15, -0.1) is 0 Å². The summed E-state index contributed by atoms with van der Waals surface area (Å²) in [6.45, 7) is 9.89. The number of carboxylic acid groups (broad SMARTS) is 1. The molecule has 0 spiro atoms. The van der Waals surface area contributed by atoms with Crippen LogP contribution in [0.25, 0.3) is 0 Å². The normalized spacial score (nSPS) is 17.7. The van der Waals surface area contributed by atoms with Crippen molar-refractivity contribution in [1.29, 1.82) is 0 Å². The van der Waals surface area contributed by atoms with Gasteiger partial charge >= 0.3 is 17.8 Å². The van der Waals surface area contributed by atoms with E-state index in [0.29, 0.717) is 6.42 Å². The van der Waals surface area contributed by atoms with Gasteiger partial charge in [0.05, 0.1) is 16.9 Å². The highest BCUT2D eigenvalue weighted by Gasteiger charge is 2.63. The minimum Gasteiger partial charge on any atom is -0.477 e. The van der Waals surface area contributed by atoms with Gasteiger partial charge in [-0.1, -0.05) is 41.0 Å². The molecule has 0 bridgehead atoms. The molecule has 0 fully saturated rings. The number of hydrogen-bond donors (Lipinski definition) is 2. The maximum absolute atomic E-state index is 13.8. The van der Waals surface area contributed by atoms with Crippen molar-refractivity contribution in [1.82, 2.24) is 0 Å². The number of amides is 2. The summed E-state index contributed by atoms with van der Waals surface area (Å²) in [7, 11) is 0. The molecule has 5 nitrogen and oxygen atoms in total. The second-order valence-electron chi connectivity index (χ2n) is 8.71. The van der Waals surface area contributed by atoms with Gasteiger partial charge in [0.25, 0.3) is 0 Å². The third-order valence-corrected chi connectivity index (χ3v) is 6.47. The number of fused-ring (bicyclic) bond motifs is 1. The molecule has 0 radical (unpaired) electrons. The van der Waals surface area contributed by atoms with Crippen LogP contribution >= 0.6 is 12.6 Å². The lowest BCUT2D eigenvalue weighted by atomic mass is 9.96. The molecule has 1 N–H and O–H groups in total. The zero-order valence-electron chi connectivity index (χ0n) is 19.6. The largest absolute Gasteiger partial charge is 0.477 e. The average Bonchev–Trinajstić information content (AvgIpc) is 2.96. The minimum absolute atomic E-state index is 0.128. The smallest absolute Gasteiger partial charge is 0.364 e. The number of aliphatic carboxylic acids is 1. The van der Waals surface area contributed by atoms with E-state index < -0.39 is 34.4 Å². The maximum atomic E-state index is 13.8. The lowest BCUT2D eigenvalue weighted by Crippen LogP contribution is -2.67. The zero-order valence-corrected chi connectivity index (χ0v) is 20.5. The number of hydrogen-bond acceptors (Lipinski definition) is 4. The van der Waals surface area contributed by atoms with Crippen LogP contribution in [-0.4, -0.2) is 45.2 Å². The highest BCUT2D eigenvalue weighted by molar-refractivity contribution is 7.80. The summed E-state index contributed by atoms with van der Waals surface area (Å²) in [5, 5.41) is 10.1. The summed E-state index contributed by atoms with van der Waals surface area (Å²) in [4.78, 5) is 40.0. The average molecular weight is 457 g/mol. The second-order valence-corrected chi connectivity index (χ2v) is 9.07. The summed E-state index contributed by atoms with van der Waals surface area (Å²) in [6.07, 6.45) is 8.03. The molecule has 0 aliphatic carbocycles. The van der Waals surface area contributed by atoms with Crippen molar-refractivity contribution in [3.8, 4) is 0 Å². The molecule has 1 aliphatic heterocycles. The lowest BCUT2D eigenvalue weighted by Gasteiger charge is -2.39. The lowest BCUT2D eigenvalue weighted by molar-refractivity contribution is -0.798. The topological polar surface area (TPSA) is 71.4 Å². The van der Waals surface area contributed by atoms with Gasteiger partial charge in [0.2, 0.25) is 6.04 Å². The molecule has 0 saturated carbocycles. The first-order valence-corrected chi connectivity index (χ1v) is 11.6. The van der Waals surface area contributed by atoms with Crippen LogP contribution in [0.1, 0.15) is 74.6 Å². The Bertz CT molecular complexity index is 950. The number of benzene rings is 1. The predicted octanol–water partition coefficient (Wildman–Crippen LogP) is 5.60. The molecule has 32 heavy (non-hydrogen) atoms. The summed E-state index contributed by atoms with van der Waals surface area (Å²) in [5.74, 6) is -2.26. The number of carboxylic acids is 1. The number of quaternary nitrogens is 1. The monoisotopic (exact) mass is 456 g/mol. The van der Waals surface area contributed by atoms with E-state index in [-0.39, 0.29) is 16.9 Å². The number of nitrogens with zero attached hydrogens (tertiary/aromatic N) is 1. The van der Waals surface area contributed by atoms with Crippen LogP contribution in [0.5, 0.6) is 0 Å². The van der Waals surface area contributed by atoms with Gasteiger partial charge in [-0.25, -0.2) is 14.4 Å². The van der Waals surface area contributed by atoms with Crippen LogP contribution in [-0.2, 0) is 4.79 Å². The van der Waals surface area contributed by atoms with E-state index in [1.807, 2.05) is 46.8 Å². The van der Waals surface area contributed by atoms with E-state index in [1.165, 1.54) is 5.57 Å². The molecular weight excluding hydrogens is 422 g/mol. The fourth-order valence-electron chi connectivity index (χ4n) is 4.31. The SMILES string of the molecule is CC=C(C)CC(C=C(C)CCC=C(C)C)[N+]1([C@@H](CS)C(=O)O)C(=O)c2ccccc2C1=O. The highest BCUT2D eigenvalue weighted by atomic mass is 32.1. The van der Waals surface area contributed by atoms with Crippen molar-refractivity contribution in [3.05, 3.63) is 70.3 Å². The molecule has 1 aromatic carbocycles. The summed E-state index contributed by atoms with van der Waals surface area (Å²) < 4.78 is -0.788. The van der Waals surface area contributed by atoms with Gasteiger partial charge in [0, 0.05) is 6.42 Å². The number of carbonyl (C=O) groups excluding carboxylic acids is 2. The molecule has 6 heteroatoms. The van der Waals surface area contributed by atoms with Gasteiger partial charge in [-0.05, 0) is 65.7 Å². The summed E-state index contributed by atoms with van der Waals surface area (Å²) >= 11 is 4.28. The Labute approximate surface area is 196 Å². The van der Waals surface area contributed by atoms with Gasteiger partial charge < -0.3 is 5.11 Å². The van der Waals surface area contributed by atoms with Crippen molar-refractivity contribution >= 4 is 30.4 Å². The molecule has 1 heterocycles. The predicted molar refractivity (Wildman–Crippen MR) is 131 cm³/mol. The Morgan fingerprint density at radius 2 is 1.62 bits per heavy atom. The van der Waals surface area contributed by atoms with Crippen LogP contribution in [0.4, 0.5) is 0 Å². The van der Waals surface area contributed by atoms with Crippen molar-refractivity contribution in [2.24, 2.45) is 0 Å². The Hall–Kier alpha value is -2.44. The van der Waals surface area contributed by atoms with Crippen LogP contribution in [0, 0.1) is 0 Å². The third kappa shape index (κ3) is 4.97. The van der Waals surface area contributed by atoms with E-state index in [1.54, 1.807) is 24.3 Å². The van der Waals surface area contributed by atoms with E-state index in [4.69, 9.17) is 0 Å². The van der Waals surface area contributed by atoms with Crippen LogP contribution in [0.15, 0.2) is 59.2 Å². The number of allylic oxidation sites excluding steroid dienone is 4. The van der Waals surface area contributed by atoms with Crippen LogP contribution < -0.4 is 0 Å². The Kier molecular flexibility index (Phi) is 8.81. The van der Waals surface area contributed by atoms with Crippen LogP contribution in [0.3, 0.4) is 0 Å². The maximum Gasteiger partial charge on any atom is 0.364 e. The Morgan fingerprint density at radius 3 is 2.06 bits per heavy atom. The zero-order chi connectivity index (χ0) is 24.1. The van der Waals surface area contributed by atoms with E-state index in [2.05, 4.69) is 18.7 Å². The number of carbonyl (C=O) groups is 3. The fraction of sp³-hybridized carbons (Fsp3) is 0.423. The molecule has 2 rings (SSSR count). The first-order valence-electron chi connectivity index (χ1n) is 10.9. The van der Waals surface area contributed by atoms with Gasteiger partial charge in [-0.2, -0.15) is 17.1 Å². The molecule has 1 aliphatic rings. The van der Waals surface area contributed by atoms with Gasteiger partial charge in [-0.3, -0.25) is 0 Å². The number of imide groups is 1. The summed E-state index contributed by atoms with van der Waals surface area (Å²) in [5.41, 5.74) is 3.80. The molecular formula is C26H34NO4S+. The molecule has 2 amide bonds. The first-order chi connectivity index (χ1) is 15.1. The first kappa shape index (κ1) is 25.8. The Balaban J connectivity index is 2.72. The summed E-state index contributed by atoms with van der Waals surface area (Å²) in [6, 6.07) is 4.69. The minimum atomic E-state index is -1.29. The molecule has 1 unspecified atom stereocenters. The van der Waals surface area contributed by atoms with Crippen molar-refractivity contribution < 1.29 is 24.0 Å². The van der Waals surface area contributed by atoms with Gasteiger partial charge in [0.15, 0.2) is 0 Å². The molecule has 1 aromatic rings. The Morgan fingerprint density at radius 1 is 1.06 bits per heavy atom.